The summed E-state index contributed by atoms with van der Waals surface area (Å²) in [6, 6.07) is 4.55. The summed E-state index contributed by atoms with van der Waals surface area (Å²) in [4.78, 5) is 16.3. The summed E-state index contributed by atoms with van der Waals surface area (Å²) in [5.74, 6) is -0.294. The fourth-order valence-electron chi connectivity index (χ4n) is 1.05. The van der Waals surface area contributed by atoms with Gasteiger partial charge in [-0.3, -0.25) is 4.79 Å². The topological polar surface area (TPSA) is 79.5 Å². The predicted octanol–water partition coefficient (Wildman–Crippen LogP) is -0.0703. The third kappa shape index (κ3) is 2.70. The lowest BCUT2D eigenvalue weighted by Crippen LogP contribution is -2.41. The van der Waals surface area contributed by atoms with Crippen molar-refractivity contribution in [3.05, 3.63) is 24.4 Å². The number of aliphatic carboxylic acids is 1. The second kappa shape index (κ2) is 4.57. The summed E-state index contributed by atoms with van der Waals surface area (Å²) >= 11 is 0. The van der Waals surface area contributed by atoms with Crippen LogP contribution in [0.25, 0.3) is 0 Å². The van der Waals surface area contributed by atoms with Gasteiger partial charge in [0, 0.05) is 19.8 Å². The van der Waals surface area contributed by atoms with E-state index in [-0.39, 0.29) is 6.54 Å². The lowest BCUT2D eigenvalue weighted by molar-refractivity contribution is -0.138. The Labute approximate surface area is 82.2 Å². The van der Waals surface area contributed by atoms with E-state index in [1.165, 1.54) is 0 Å². The van der Waals surface area contributed by atoms with Crippen molar-refractivity contribution in [1.82, 2.24) is 4.98 Å². The maximum atomic E-state index is 10.5. The number of anilines is 1. The van der Waals surface area contributed by atoms with Gasteiger partial charge in [-0.05, 0) is 12.1 Å². The Bertz CT molecular complexity index is 302. The number of carboxylic acids is 1. The Morgan fingerprint density at radius 2 is 2.43 bits per heavy atom. The van der Waals surface area contributed by atoms with E-state index in [0.29, 0.717) is 5.82 Å². The van der Waals surface area contributed by atoms with Crippen molar-refractivity contribution in [3.63, 3.8) is 0 Å². The van der Waals surface area contributed by atoms with Gasteiger partial charge in [-0.1, -0.05) is 6.07 Å². The van der Waals surface area contributed by atoms with Crippen LogP contribution >= 0.6 is 0 Å². The fraction of sp³-hybridized carbons (Fsp3) is 0.333. The molecular formula is C9H13N3O2. The Morgan fingerprint density at radius 1 is 1.71 bits per heavy atom. The molecule has 0 bridgehead atoms. The van der Waals surface area contributed by atoms with Gasteiger partial charge in [-0.2, -0.15) is 0 Å². The summed E-state index contributed by atoms with van der Waals surface area (Å²) in [7, 11) is 1.76. The van der Waals surface area contributed by atoms with Crippen LogP contribution in [0.3, 0.4) is 0 Å². The third-order valence-electron chi connectivity index (χ3n) is 1.83. The number of aromatic nitrogens is 1. The first-order valence-corrected chi connectivity index (χ1v) is 4.22. The largest absolute Gasteiger partial charge is 0.480 e. The van der Waals surface area contributed by atoms with E-state index in [0.717, 1.165) is 0 Å². The van der Waals surface area contributed by atoms with E-state index in [1.54, 1.807) is 30.3 Å². The van der Waals surface area contributed by atoms with E-state index in [4.69, 9.17) is 10.8 Å². The average molecular weight is 195 g/mol. The molecule has 3 N–H and O–H groups in total. The van der Waals surface area contributed by atoms with Crippen LogP contribution in [-0.4, -0.2) is 35.7 Å². The summed E-state index contributed by atoms with van der Waals surface area (Å²) < 4.78 is 0. The molecule has 0 saturated heterocycles. The summed E-state index contributed by atoms with van der Waals surface area (Å²) in [6.07, 6.45) is 1.65. The van der Waals surface area contributed by atoms with E-state index in [9.17, 15) is 4.79 Å². The van der Waals surface area contributed by atoms with Gasteiger partial charge in [0.2, 0.25) is 0 Å². The quantitative estimate of drug-likeness (QED) is 0.703. The van der Waals surface area contributed by atoms with Gasteiger partial charge in [0.1, 0.15) is 11.9 Å². The zero-order chi connectivity index (χ0) is 10.6. The number of likely N-dealkylation sites (N-methyl/N-ethyl adjacent to an activating group) is 1. The molecule has 1 rings (SSSR count). The predicted molar refractivity (Wildman–Crippen MR) is 53.1 cm³/mol. The Morgan fingerprint density at radius 3 is 2.93 bits per heavy atom. The molecule has 0 aliphatic heterocycles. The minimum Gasteiger partial charge on any atom is -0.480 e. The molecule has 1 heterocycles. The van der Waals surface area contributed by atoms with Crippen LogP contribution < -0.4 is 10.6 Å². The van der Waals surface area contributed by atoms with Crippen LogP contribution in [0.4, 0.5) is 5.82 Å². The number of carbonyl (C=O) groups is 1. The highest BCUT2D eigenvalue weighted by Gasteiger charge is 2.14. The molecule has 0 fully saturated rings. The SMILES string of the molecule is CN(CC(N)C(=O)O)c1ccccn1. The van der Waals surface area contributed by atoms with E-state index < -0.39 is 12.0 Å². The number of hydrogen-bond donors (Lipinski definition) is 2. The summed E-state index contributed by atoms with van der Waals surface area (Å²) in [5, 5.41) is 8.61. The maximum absolute atomic E-state index is 10.5. The normalized spacial score (nSPS) is 12.1. The molecule has 5 heteroatoms. The van der Waals surface area contributed by atoms with E-state index >= 15 is 0 Å². The second-order valence-electron chi connectivity index (χ2n) is 3.01. The lowest BCUT2D eigenvalue weighted by Gasteiger charge is -2.19. The number of nitrogens with two attached hydrogens (primary N) is 1. The van der Waals surface area contributed by atoms with Crippen LogP contribution in [0.1, 0.15) is 0 Å². The molecule has 1 aromatic rings. The van der Waals surface area contributed by atoms with Gasteiger partial charge in [0.15, 0.2) is 0 Å². The maximum Gasteiger partial charge on any atom is 0.322 e. The molecule has 1 unspecified atom stereocenters. The van der Waals surface area contributed by atoms with Crippen molar-refractivity contribution in [1.29, 1.82) is 0 Å². The van der Waals surface area contributed by atoms with Crippen molar-refractivity contribution < 1.29 is 9.90 Å². The molecular weight excluding hydrogens is 182 g/mol. The van der Waals surface area contributed by atoms with Crippen LogP contribution in [0.5, 0.6) is 0 Å². The van der Waals surface area contributed by atoms with E-state index in [1.807, 2.05) is 6.07 Å². The number of carboxylic acid groups (broad SMARTS) is 1. The molecule has 76 valence electrons. The summed E-state index contributed by atoms with van der Waals surface area (Å²) in [6.45, 7) is 0.242. The highest BCUT2D eigenvalue weighted by Crippen LogP contribution is 2.06. The van der Waals surface area contributed by atoms with Gasteiger partial charge >= 0.3 is 5.97 Å². The Balaban J connectivity index is 2.59. The van der Waals surface area contributed by atoms with Crippen molar-refractivity contribution in [3.8, 4) is 0 Å². The zero-order valence-electron chi connectivity index (χ0n) is 7.92. The summed E-state index contributed by atoms with van der Waals surface area (Å²) in [5.41, 5.74) is 5.39. The highest BCUT2D eigenvalue weighted by atomic mass is 16.4. The van der Waals surface area contributed by atoms with Crippen molar-refractivity contribution >= 4 is 11.8 Å². The highest BCUT2D eigenvalue weighted by molar-refractivity contribution is 5.74. The number of pyridine rings is 1. The van der Waals surface area contributed by atoms with Crippen LogP contribution in [0.2, 0.25) is 0 Å². The minimum absolute atomic E-state index is 0.242. The molecule has 0 aliphatic rings. The van der Waals surface area contributed by atoms with Crippen LogP contribution in [0.15, 0.2) is 24.4 Å². The first kappa shape index (κ1) is 10.5. The van der Waals surface area contributed by atoms with Crippen molar-refractivity contribution in [2.75, 3.05) is 18.5 Å². The lowest BCUT2D eigenvalue weighted by atomic mass is 10.3. The zero-order valence-corrected chi connectivity index (χ0v) is 7.92. The number of nitrogens with zero attached hydrogens (tertiary/aromatic N) is 2. The Hall–Kier alpha value is -1.62. The molecule has 0 spiro atoms. The molecule has 1 aromatic heterocycles. The van der Waals surface area contributed by atoms with Crippen LogP contribution in [-0.2, 0) is 4.79 Å². The van der Waals surface area contributed by atoms with Gasteiger partial charge in [0.25, 0.3) is 0 Å². The molecule has 1 atom stereocenters. The number of rotatable bonds is 4. The standard InChI is InChI=1S/C9H13N3O2/c1-12(6-7(10)9(13)14)8-4-2-3-5-11-8/h2-5,7H,6,10H2,1H3,(H,13,14). The van der Waals surface area contributed by atoms with Gasteiger partial charge in [-0.15, -0.1) is 0 Å². The van der Waals surface area contributed by atoms with E-state index in [2.05, 4.69) is 4.98 Å². The number of hydrogen-bond acceptors (Lipinski definition) is 4. The molecule has 0 radical (unpaired) electrons. The molecule has 0 aliphatic carbocycles. The van der Waals surface area contributed by atoms with Gasteiger partial charge in [0.05, 0.1) is 0 Å². The molecule has 14 heavy (non-hydrogen) atoms. The Kier molecular flexibility index (Phi) is 3.41. The average Bonchev–Trinajstić information content (AvgIpc) is 2.19. The van der Waals surface area contributed by atoms with Gasteiger partial charge in [-0.25, -0.2) is 4.98 Å². The van der Waals surface area contributed by atoms with Crippen molar-refractivity contribution in [2.24, 2.45) is 5.73 Å². The monoisotopic (exact) mass is 195 g/mol. The molecule has 0 aromatic carbocycles. The first-order valence-electron chi connectivity index (χ1n) is 4.22. The third-order valence-corrected chi connectivity index (χ3v) is 1.83. The first-order chi connectivity index (χ1) is 6.61. The van der Waals surface area contributed by atoms with Gasteiger partial charge < -0.3 is 15.7 Å². The fourth-order valence-corrected chi connectivity index (χ4v) is 1.05. The minimum atomic E-state index is -1.01. The second-order valence-corrected chi connectivity index (χ2v) is 3.01. The smallest absolute Gasteiger partial charge is 0.322 e. The molecule has 5 nitrogen and oxygen atoms in total. The molecule has 0 saturated carbocycles. The molecule has 0 amide bonds. The van der Waals surface area contributed by atoms with Crippen molar-refractivity contribution in [2.45, 2.75) is 6.04 Å². The van der Waals surface area contributed by atoms with Crippen LogP contribution in [0, 0.1) is 0 Å².